The minimum Gasteiger partial charge on any atom is -0.456 e. The molecule has 0 N–H and O–H groups in total. The van der Waals surface area contributed by atoms with Crippen molar-refractivity contribution in [2.24, 2.45) is 0 Å². The van der Waals surface area contributed by atoms with Gasteiger partial charge >= 0.3 is 0 Å². The Hall–Kier alpha value is -12.8. The average molecular weight is 1350 g/mol. The lowest BCUT2D eigenvalue weighted by Gasteiger charge is -2.45. The van der Waals surface area contributed by atoms with E-state index in [0.29, 0.717) is 0 Å². The van der Waals surface area contributed by atoms with Gasteiger partial charge in [-0.1, -0.05) is 254 Å². The highest BCUT2D eigenvalue weighted by Gasteiger charge is 2.45. The molecular formula is C98H71BN4O2. The van der Waals surface area contributed by atoms with Crippen LogP contribution in [0.15, 0.2) is 330 Å². The second-order valence-electron chi connectivity index (χ2n) is 30.7. The smallest absolute Gasteiger partial charge is 0.252 e. The summed E-state index contributed by atoms with van der Waals surface area (Å²) in [5.74, 6) is 0. The molecule has 15 aromatic carbocycles. The number of rotatable bonds is 8. The Morgan fingerprint density at radius 3 is 1.06 bits per heavy atom. The van der Waals surface area contributed by atoms with Crippen LogP contribution in [0.25, 0.3) is 143 Å². The highest BCUT2D eigenvalue weighted by molar-refractivity contribution is 7.00. The van der Waals surface area contributed by atoms with Gasteiger partial charge in [-0.15, -0.1) is 0 Å². The lowest BCUT2D eigenvalue weighted by atomic mass is 9.33. The Morgan fingerprint density at radius 1 is 0.257 bits per heavy atom. The molecular weight excluding hydrogens is 1280 g/mol. The normalized spacial score (nSPS) is 13.0. The molecule has 0 fully saturated rings. The number of hydrogen-bond donors (Lipinski definition) is 0. The molecule has 7 heteroatoms. The maximum absolute atomic E-state index is 6.51. The summed E-state index contributed by atoms with van der Waals surface area (Å²) >= 11 is 0. The molecule has 21 rings (SSSR count). The Kier molecular flexibility index (Phi) is 13.2. The standard InChI is InChI=1S/C98H71BN4O2/c1-97(2,3)64-46-40-60(41-47-64)70-28-19-30-76-72-24-9-15-34-84(72)100(95(70)76)66-50-52-86-80(58-66)99-81-59-67(101-85-35-16-10-25-73(85)77-31-20-29-71(96(77)101)61-42-48-65(49-43-61)98(4,5)6)51-53-87(81)103(83-33-14-8-23-69(83)63-45-55-93-79(57-63)75-27-12-18-39-91(75)105-93)89-37-21-36-88(94(89)99)102(86)82-32-13-7-22-68(82)62-44-54-92-78(56-62)74-26-11-17-38-90(74)104-92/h7-59H,1-6H3. The quantitative estimate of drug-likeness (QED) is 0.142. The molecule has 0 aliphatic carbocycles. The summed E-state index contributed by atoms with van der Waals surface area (Å²) in [5.41, 5.74) is 32.3. The molecule has 2 aliphatic heterocycles. The third-order valence-electron chi connectivity index (χ3n) is 22.7. The van der Waals surface area contributed by atoms with Gasteiger partial charge in [0.25, 0.3) is 6.71 Å². The van der Waals surface area contributed by atoms with Crippen LogP contribution in [0.5, 0.6) is 0 Å². The highest BCUT2D eigenvalue weighted by atomic mass is 16.3. The van der Waals surface area contributed by atoms with Gasteiger partial charge in [0.2, 0.25) is 0 Å². The van der Waals surface area contributed by atoms with Crippen LogP contribution >= 0.6 is 0 Å². The number of furan rings is 2. The summed E-state index contributed by atoms with van der Waals surface area (Å²) in [6, 6.07) is 120. The topological polar surface area (TPSA) is 42.6 Å². The summed E-state index contributed by atoms with van der Waals surface area (Å²) in [7, 11) is 0. The van der Waals surface area contributed by atoms with Gasteiger partial charge in [-0.3, -0.25) is 0 Å². The summed E-state index contributed by atoms with van der Waals surface area (Å²) in [6.07, 6.45) is 0. The van der Waals surface area contributed by atoms with E-state index in [9.17, 15) is 0 Å². The zero-order valence-corrected chi connectivity index (χ0v) is 59.3. The van der Waals surface area contributed by atoms with Crippen LogP contribution in [0.1, 0.15) is 52.7 Å². The minimum atomic E-state index is -0.287. The molecule has 4 aromatic heterocycles. The van der Waals surface area contributed by atoms with Crippen molar-refractivity contribution < 1.29 is 8.83 Å². The molecule has 0 saturated heterocycles. The number of anilines is 6. The maximum atomic E-state index is 6.51. The number of para-hydroxylation sites is 8. The van der Waals surface area contributed by atoms with Crippen LogP contribution < -0.4 is 26.2 Å². The fraction of sp³-hybridized carbons (Fsp3) is 0.0816. The van der Waals surface area contributed by atoms with Crippen molar-refractivity contribution in [3.8, 4) is 55.9 Å². The van der Waals surface area contributed by atoms with Crippen LogP contribution in [-0.2, 0) is 10.8 Å². The monoisotopic (exact) mass is 1350 g/mol. The fourth-order valence-corrected chi connectivity index (χ4v) is 17.7. The number of benzene rings is 15. The van der Waals surface area contributed by atoms with E-state index in [1.165, 1.54) is 82.3 Å². The zero-order chi connectivity index (χ0) is 70.1. The number of aromatic nitrogens is 2. The Balaban J connectivity index is 0.861. The molecule has 105 heavy (non-hydrogen) atoms. The molecule has 0 radical (unpaired) electrons. The Morgan fingerprint density at radius 2 is 0.610 bits per heavy atom. The molecule has 498 valence electrons. The van der Waals surface area contributed by atoms with Crippen molar-refractivity contribution in [2.75, 3.05) is 9.80 Å². The van der Waals surface area contributed by atoms with Gasteiger partial charge in [0.1, 0.15) is 22.3 Å². The van der Waals surface area contributed by atoms with E-state index in [0.717, 1.165) is 123 Å². The highest BCUT2D eigenvalue weighted by Crippen LogP contribution is 2.51. The van der Waals surface area contributed by atoms with E-state index in [2.05, 4.69) is 382 Å². The molecule has 6 heterocycles. The molecule has 0 bridgehead atoms. The van der Waals surface area contributed by atoms with Crippen molar-refractivity contribution in [3.63, 3.8) is 0 Å². The van der Waals surface area contributed by atoms with E-state index in [-0.39, 0.29) is 17.5 Å². The van der Waals surface area contributed by atoms with Crippen LogP contribution in [0.3, 0.4) is 0 Å². The third kappa shape index (κ3) is 9.30. The van der Waals surface area contributed by atoms with Crippen molar-refractivity contribution in [2.45, 2.75) is 52.4 Å². The van der Waals surface area contributed by atoms with Gasteiger partial charge in [0, 0.05) is 99.5 Å². The average Bonchev–Trinajstić information content (AvgIpc) is 1.10. The van der Waals surface area contributed by atoms with Gasteiger partial charge in [0.05, 0.1) is 33.4 Å². The van der Waals surface area contributed by atoms with E-state index >= 15 is 0 Å². The van der Waals surface area contributed by atoms with E-state index in [1.54, 1.807) is 0 Å². The maximum Gasteiger partial charge on any atom is 0.252 e. The lowest BCUT2D eigenvalue weighted by Crippen LogP contribution is -2.61. The second-order valence-corrected chi connectivity index (χ2v) is 30.7. The van der Waals surface area contributed by atoms with E-state index < -0.39 is 0 Å². The fourth-order valence-electron chi connectivity index (χ4n) is 17.7. The summed E-state index contributed by atoms with van der Waals surface area (Å²) in [6.45, 7) is 13.5. The van der Waals surface area contributed by atoms with Gasteiger partial charge in [-0.05, 0) is 170 Å². The molecule has 0 unspecified atom stereocenters. The molecule has 0 atom stereocenters. The van der Waals surface area contributed by atoms with Crippen LogP contribution in [0.4, 0.5) is 34.1 Å². The van der Waals surface area contributed by atoms with Crippen LogP contribution in [-0.4, -0.2) is 15.8 Å². The number of fused-ring (bicyclic) bond motifs is 16. The summed E-state index contributed by atoms with van der Waals surface area (Å²) < 4.78 is 18.1. The molecule has 6 nitrogen and oxygen atoms in total. The largest absolute Gasteiger partial charge is 0.456 e. The van der Waals surface area contributed by atoms with Crippen molar-refractivity contribution in [1.29, 1.82) is 0 Å². The SMILES string of the molecule is CC(C)(C)c1ccc(-c2cccc3c4ccccc4n(-c4ccc5c(c4)B4c6cc(-n7c8ccccc8c8cccc(-c9ccc(C(C)(C)C)cc9)c87)ccc6N(c6ccccc6-c6ccc7oc8ccccc8c7c6)c6cccc(c64)N5c4ccccc4-c4ccc5oc6ccccc6c5c4)c23)cc1. The zero-order valence-electron chi connectivity index (χ0n) is 59.3. The van der Waals surface area contributed by atoms with E-state index in [1.807, 2.05) is 0 Å². The molecule has 0 spiro atoms. The number of nitrogens with zero attached hydrogens (tertiary/aromatic N) is 4. The second kappa shape index (κ2) is 22.8. The first kappa shape index (κ1) is 60.9. The van der Waals surface area contributed by atoms with Gasteiger partial charge in [-0.2, -0.15) is 0 Å². The molecule has 0 amide bonds. The first-order chi connectivity index (χ1) is 51.4. The van der Waals surface area contributed by atoms with Gasteiger partial charge in [-0.25, -0.2) is 0 Å². The van der Waals surface area contributed by atoms with E-state index in [4.69, 9.17) is 8.83 Å². The Bertz CT molecular complexity index is 6420. The van der Waals surface area contributed by atoms with Gasteiger partial charge in [0.15, 0.2) is 0 Å². The van der Waals surface area contributed by atoms with Crippen LogP contribution in [0.2, 0.25) is 0 Å². The van der Waals surface area contributed by atoms with Crippen LogP contribution in [0, 0.1) is 0 Å². The first-order valence-corrected chi connectivity index (χ1v) is 36.7. The van der Waals surface area contributed by atoms with Crippen molar-refractivity contribution in [3.05, 3.63) is 333 Å². The lowest BCUT2D eigenvalue weighted by molar-refractivity contribution is 0.590. The summed E-state index contributed by atoms with van der Waals surface area (Å²) in [5, 5.41) is 9.22. The first-order valence-electron chi connectivity index (χ1n) is 36.7. The van der Waals surface area contributed by atoms with Crippen molar-refractivity contribution >= 4 is 145 Å². The predicted molar refractivity (Wildman–Crippen MR) is 443 cm³/mol. The summed E-state index contributed by atoms with van der Waals surface area (Å²) in [4.78, 5) is 5.16. The molecule has 0 saturated carbocycles. The minimum absolute atomic E-state index is 0.00718. The van der Waals surface area contributed by atoms with Crippen molar-refractivity contribution in [1.82, 2.24) is 9.13 Å². The molecule has 2 aliphatic rings. The predicted octanol–water partition coefficient (Wildman–Crippen LogP) is 25.0. The Labute approximate surface area is 609 Å². The third-order valence-corrected chi connectivity index (χ3v) is 22.7. The molecule has 19 aromatic rings. The van der Waals surface area contributed by atoms with Gasteiger partial charge < -0.3 is 27.8 Å². The number of hydrogen-bond acceptors (Lipinski definition) is 4.